The zero-order chi connectivity index (χ0) is 19.2. The van der Waals surface area contributed by atoms with Gasteiger partial charge in [0.15, 0.2) is 6.61 Å². The molecule has 0 aliphatic heterocycles. The van der Waals surface area contributed by atoms with Crippen LogP contribution in [0.25, 0.3) is 11.1 Å². The van der Waals surface area contributed by atoms with Crippen LogP contribution >= 0.6 is 23.1 Å². The smallest absolute Gasteiger partial charge is 0.349 e. The first-order chi connectivity index (χ1) is 13.1. The molecule has 0 saturated heterocycles. The molecule has 1 N–H and O–H groups in total. The molecular weight excluding hydrogens is 378 g/mol. The number of hydrogen-bond acceptors (Lipinski definition) is 5. The van der Waals surface area contributed by atoms with Crippen LogP contribution in [0.5, 0.6) is 0 Å². The molecule has 0 saturated carbocycles. The first-order valence-corrected chi connectivity index (χ1v) is 10.4. The highest BCUT2D eigenvalue weighted by atomic mass is 32.2. The number of carbonyl (C=O) groups is 2. The summed E-state index contributed by atoms with van der Waals surface area (Å²) >= 11 is 2.90. The SMILES string of the molecule is CSc1cccc(NC(=O)COC(=O)c2sccc2-c2ccc(C)cc2)c1. The Balaban J connectivity index is 1.62. The van der Waals surface area contributed by atoms with Crippen molar-refractivity contribution in [1.29, 1.82) is 0 Å². The quantitative estimate of drug-likeness (QED) is 0.456. The minimum atomic E-state index is -0.492. The van der Waals surface area contributed by atoms with Gasteiger partial charge in [-0.15, -0.1) is 23.1 Å². The minimum absolute atomic E-state index is 0.326. The molecule has 6 heteroatoms. The second-order valence-electron chi connectivity index (χ2n) is 5.89. The molecule has 0 aliphatic rings. The van der Waals surface area contributed by atoms with E-state index in [0.29, 0.717) is 10.6 Å². The Morgan fingerprint density at radius 1 is 1.11 bits per heavy atom. The molecule has 0 atom stereocenters. The highest BCUT2D eigenvalue weighted by Gasteiger charge is 2.17. The zero-order valence-electron chi connectivity index (χ0n) is 15.0. The van der Waals surface area contributed by atoms with Crippen LogP contribution < -0.4 is 5.32 Å². The maximum Gasteiger partial charge on any atom is 0.349 e. The molecule has 1 heterocycles. The van der Waals surface area contributed by atoms with E-state index in [9.17, 15) is 9.59 Å². The number of aryl methyl sites for hydroxylation is 1. The van der Waals surface area contributed by atoms with Crippen molar-refractivity contribution < 1.29 is 14.3 Å². The van der Waals surface area contributed by atoms with Crippen LogP contribution in [-0.4, -0.2) is 24.7 Å². The molecule has 27 heavy (non-hydrogen) atoms. The van der Waals surface area contributed by atoms with Gasteiger partial charge in [0, 0.05) is 16.1 Å². The number of thiophene rings is 1. The molecule has 0 aliphatic carbocycles. The molecule has 0 spiro atoms. The fourth-order valence-electron chi connectivity index (χ4n) is 2.52. The topological polar surface area (TPSA) is 55.4 Å². The molecule has 3 rings (SSSR count). The van der Waals surface area contributed by atoms with Crippen LogP contribution in [0.1, 0.15) is 15.2 Å². The van der Waals surface area contributed by atoms with E-state index in [1.807, 2.05) is 67.1 Å². The lowest BCUT2D eigenvalue weighted by Crippen LogP contribution is -2.20. The third kappa shape index (κ3) is 4.99. The molecule has 3 aromatic rings. The molecule has 0 fully saturated rings. The van der Waals surface area contributed by atoms with Gasteiger partial charge in [-0.05, 0) is 48.4 Å². The van der Waals surface area contributed by atoms with Crippen LogP contribution in [0.2, 0.25) is 0 Å². The van der Waals surface area contributed by atoms with Gasteiger partial charge in [-0.25, -0.2) is 4.79 Å². The number of hydrogen-bond donors (Lipinski definition) is 1. The van der Waals surface area contributed by atoms with Crippen molar-refractivity contribution in [3.05, 3.63) is 70.4 Å². The molecule has 0 bridgehead atoms. The number of rotatable bonds is 6. The fourth-order valence-corrected chi connectivity index (χ4v) is 3.79. The van der Waals surface area contributed by atoms with Crippen LogP contribution in [0.3, 0.4) is 0 Å². The Morgan fingerprint density at radius 2 is 1.89 bits per heavy atom. The number of benzene rings is 2. The van der Waals surface area contributed by atoms with Crippen LogP contribution in [0, 0.1) is 6.92 Å². The first-order valence-electron chi connectivity index (χ1n) is 8.32. The van der Waals surface area contributed by atoms with Gasteiger partial charge in [0.1, 0.15) is 4.88 Å². The number of nitrogens with one attached hydrogen (secondary N) is 1. The third-order valence-corrected chi connectivity index (χ3v) is 5.52. The average molecular weight is 398 g/mol. The predicted octanol–water partition coefficient (Wildman–Crippen LogP) is 5.24. The third-order valence-electron chi connectivity index (χ3n) is 3.90. The van der Waals surface area contributed by atoms with E-state index < -0.39 is 5.97 Å². The molecule has 4 nitrogen and oxygen atoms in total. The Labute approximate surface area is 166 Å². The van der Waals surface area contributed by atoms with Crippen LogP contribution in [-0.2, 0) is 9.53 Å². The van der Waals surface area contributed by atoms with E-state index in [2.05, 4.69) is 5.32 Å². The van der Waals surface area contributed by atoms with E-state index in [4.69, 9.17) is 4.74 Å². The van der Waals surface area contributed by atoms with E-state index in [0.717, 1.165) is 21.6 Å². The fraction of sp³-hybridized carbons (Fsp3) is 0.143. The van der Waals surface area contributed by atoms with E-state index in [1.165, 1.54) is 11.3 Å². The highest BCUT2D eigenvalue weighted by molar-refractivity contribution is 7.98. The number of carbonyl (C=O) groups excluding carboxylic acids is 2. The summed E-state index contributed by atoms with van der Waals surface area (Å²) in [5, 5.41) is 4.59. The molecule has 1 amide bonds. The normalized spacial score (nSPS) is 10.4. The largest absolute Gasteiger partial charge is 0.451 e. The van der Waals surface area contributed by atoms with Crippen molar-refractivity contribution in [3.63, 3.8) is 0 Å². The van der Waals surface area contributed by atoms with E-state index in [1.54, 1.807) is 17.8 Å². The van der Waals surface area contributed by atoms with Gasteiger partial charge in [0.05, 0.1) is 0 Å². The minimum Gasteiger partial charge on any atom is -0.451 e. The Morgan fingerprint density at radius 3 is 2.63 bits per heavy atom. The number of thioether (sulfide) groups is 1. The van der Waals surface area contributed by atoms with E-state index >= 15 is 0 Å². The summed E-state index contributed by atoms with van der Waals surface area (Å²) in [6, 6.07) is 17.3. The highest BCUT2D eigenvalue weighted by Crippen LogP contribution is 2.29. The second-order valence-corrected chi connectivity index (χ2v) is 7.68. The van der Waals surface area contributed by atoms with Gasteiger partial charge in [-0.2, -0.15) is 0 Å². The van der Waals surface area contributed by atoms with Crippen LogP contribution in [0.4, 0.5) is 5.69 Å². The van der Waals surface area contributed by atoms with Gasteiger partial charge >= 0.3 is 5.97 Å². The lowest BCUT2D eigenvalue weighted by Gasteiger charge is -2.08. The van der Waals surface area contributed by atoms with Gasteiger partial charge in [0.2, 0.25) is 0 Å². The van der Waals surface area contributed by atoms with Gasteiger partial charge in [-0.3, -0.25) is 4.79 Å². The van der Waals surface area contributed by atoms with Gasteiger partial charge in [0.25, 0.3) is 5.91 Å². The molecule has 0 unspecified atom stereocenters. The summed E-state index contributed by atoms with van der Waals surface area (Å²) < 4.78 is 5.22. The Hall–Kier alpha value is -2.57. The first kappa shape index (κ1) is 19.2. The molecule has 2 aromatic carbocycles. The van der Waals surface area contributed by atoms with Crippen molar-refractivity contribution in [2.75, 3.05) is 18.2 Å². The number of esters is 1. The maximum absolute atomic E-state index is 12.4. The summed E-state index contributed by atoms with van der Waals surface area (Å²) in [5.41, 5.74) is 3.60. The monoisotopic (exact) mass is 397 g/mol. The summed E-state index contributed by atoms with van der Waals surface area (Å²) in [6.07, 6.45) is 1.97. The standard InChI is InChI=1S/C21H19NO3S2/c1-14-6-8-15(9-7-14)18-10-11-27-20(18)21(24)25-13-19(23)22-16-4-3-5-17(12-16)26-2/h3-12H,13H2,1-2H3,(H,22,23). The second kappa shape index (κ2) is 8.88. The zero-order valence-corrected chi connectivity index (χ0v) is 16.7. The molecule has 138 valence electrons. The number of anilines is 1. The maximum atomic E-state index is 12.4. The van der Waals surface area contributed by atoms with Crippen molar-refractivity contribution in [2.24, 2.45) is 0 Å². The van der Waals surface area contributed by atoms with E-state index in [-0.39, 0.29) is 12.5 Å². The summed E-state index contributed by atoms with van der Waals surface area (Å²) in [6.45, 7) is 1.69. The summed E-state index contributed by atoms with van der Waals surface area (Å²) in [4.78, 5) is 26.1. The Bertz CT molecular complexity index is 948. The predicted molar refractivity (Wildman–Crippen MR) is 112 cm³/mol. The average Bonchev–Trinajstić information content (AvgIpc) is 3.17. The van der Waals surface area contributed by atoms with Crippen molar-refractivity contribution in [3.8, 4) is 11.1 Å². The molecule has 0 radical (unpaired) electrons. The van der Waals surface area contributed by atoms with Gasteiger partial charge < -0.3 is 10.1 Å². The lowest BCUT2D eigenvalue weighted by atomic mass is 10.1. The van der Waals surface area contributed by atoms with Crippen molar-refractivity contribution in [2.45, 2.75) is 11.8 Å². The number of amides is 1. The van der Waals surface area contributed by atoms with Crippen molar-refractivity contribution >= 4 is 40.7 Å². The van der Waals surface area contributed by atoms with Crippen LogP contribution in [0.15, 0.2) is 64.9 Å². The van der Waals surface area contributed by atoms with Gasteiger partial charge in [-0.1, -0.05) is 35.9 Å². The molecular formula is C21H19NO3S2. The molecule has 1 aromatic heterocycles. The van der Waals surface area contributed by atoms with Crippen molar-refractivity contribution in [1.82, 2.24) is 0 Å². The Kier molecular flexibility index (Phi) is 6.32. The number of ether oxygens (including phenoxy) is 1. The summed E-state index contributed by atoms with van der Waals surface area (Å²) in [5.74, 6) is -0.858. The summed E-state index contributed by atoms with van der Waals surface area (Å²) in [7, 11) is 0. The lowest BCUT2D eigenvalue weighted by molar-refractivity contribution is -0.119.